The highest BCUT2D eigenvalue weighted by Gasteiger charge is 2.57. The first-order chi connectivity index (χ1) is 20.1. The van der Waals surface area contributed by atoms with Gasteiger partial charge in [-0.1, -0.05) is 19.9 Å². The second kappa shape index (κ2) is 11.8. The van der Waals surface area contributed by atoms with Gasteiger partial charge in [0.15, 0.2) is 0 Å². The standard InChI is InChI=1S/C29H31F5N4O5/c1-16(2)23(35-24(39)20-13-18(29(32,33)34)6-8-21(20)30)25(40)37-11-9-28(10-12-37)26(41)36(3)27(42)38(28)15-17-5-7-19(43-4)14-22(17)31/h5-8,13-14,16,23H,9-12,15H2,1-4H3,(H,35,39)/t23-/m1/s1. The van der Waals surface area contributed by atoms with E-state index in [0.29, 0.717) is 18.2 Å². The molecule has 2 aliphatic rings. The largest absolute Gasteiger partial charge is 0.497 e. The van der Waals surface area contributed by atoms with E-state index in [1.54, 1.807) is 13.8 Å². The molecule has 2 fully saturated rings. The molecule has 14 heteroatoms. The molecule has 2 heterocycles. The minimum absolute atomic E-state index is 0.00962. The number of methoxy groups -OCH3 is 1. The monoisotopic (exact) mass is 610 g/mol. The lowest BCUT2D eigenvalue weighted by atomic mass is 9.85. The summed E-state index contributed by atoms with van der Waals surface area (Å²) in [5, 5.41) is 2.36. The molecule has 0 radical (unpaired) electrons. The van der Waals surface area contributed by atoms with E-state index < -0.39 is 70.2 Å². The normalized spacial score (nSPS) is 17.6. The van der Waals surface area contributed by atoms with Crippen LogP contribution in [0.5, 0.6) is 5.75 Å². The zero-order chi connectivity index (χ0) is 31.9. The van der Waals surface area contributed by atoms with Crippen molar-refractivity contribution in [2.24, 2.45) is 5.92 Å². The number of hydrogen-bond donors (Lipinski definition) is 1. The number of piperidine rings is 1. The van der Waals surface area contributed by atoms with Crippen molar-refractivity contribution in [3.05, 3.63) is 64.7 Å². The van der Waals surface area contributed by atoms with Gasteiger partial charge in [-0.15, -0.1) is 0 Å². The average molecular weight is 611 g/mol. The number of imide groups is 1. The summed E-state index contributed by atoms with van der Waals surface area (Å²) in [6, 6.07) is 3.76. The number of nitrogens with zero attached hydrogens (tertiary/aromatic N) is 3. The van der Waals surface area contributed by atoms with Crippen molar-refractivity contribution < 1.29 is 45.9 Å². The van der Waals surface area contributed by atoms with Gasteiger partial charge < -0.3 is 19.9 Å². The number of benzene rings is 2. The third-order valence-corrected chi connectivity index (χ3v) is 7.99. The summed E-state index contributed by atoms with van der Waals surface area (Å²) in [5.74, 6) is -4.31. The highest BCUT2D eigenvalue weighted by Crippen LogP contribution is 2.38. The average Bonchev–Trinajstić information content (AvgIpc) is 3.12. The predicted molar refractivity (Wildman–Crippen MR) is 143 cm³/mol. The molecule has 2 saturated heterocycles. The van der Waals surface area contributed by atoms with E-state index in [4.69, 9.17) is 4.74 Å². The van der Waals surface area contributed by atoms with Crippen molar-refractivity contribution in [2.75, 3.05) is 27.2 Å². The zero-order valence-electron chi connectivity index (χ0n) is 23.9. The van der Waals surface area contributed by atoms with Crippen LogP contribution in [0.15, 0.2) is 36.4 Å². The molecule has 0 aromatic heterocycles. The van der Waals surface area contributed by atoms with Gasteiger partial charge in [0.05, 0.1) is 24.8 Å². The molecule has 0 saturated carbocycles. The van der Waals surface area contributed by atoms with Crippen molar-refractivity contribution in [3.8, 4) is 5.75 Å². The number of carbonyl (C=O) groups excluding carboxylic acids is 4. The number of ether oxygens (including phenoxy) is 1. The molecule has 232 valence electrons. The van der Waals surface area contributed by atoms with Crippen LogP contribution in [0.1, 0.15) is 48.2 Å². The molecule has 5 amide bonds. The van der Waals surface area contributed by atoms with Gasteiger partial charge in [0.25, 0.3) is 11.8 Å². The predicted octanol–water partition coefficient (Wildman–Crippen LogP) is 4.20. The van der Waals surface area contributed by atoms with Gasteiger partial charge in [0.2, 0.25) is 5.91 Å². The van der Waals surface area contributed by atoms with Crippen LogP contribution in [0, 0.1) is 17.6 Å². The lowest BCUT2D eigenvalue weighted by molar-refractivity contribution is -0.142. The second-order valence-electron chi connectivity index (χ2n) is 10.9. The lowest BCUT2D eigenvalue weighted by Gasteiger charge is -2.43. The Morgan fingerprint density at radius 1 is 1.02 bits per heavy atom. The van der Waals surface area contributed by atoms with E-state index in [0.717, 1.165) is 4.90 Å². The van der Waals surface area contributed by atoms with Crippen molar-refractivity contribution in [2.45, 2.75) is 51.0 Å². The minimum Gasteiger partial charge on any atom is -0.497 e. The Balaban J connectivity index is 1.51. The quantitative estimate of drug-likeness (QED) is 0.375. The molecule has 0 unspecified atom stereocenters. The van der Waals surface area contributed by atoms with Crippen LogP contribution < -0.4 is 10.1 Å². The van der Waals surface area contributed by atoms with E-state index >= 15 is 0 Å². The summed E-state index contributed by atoms with van der Waals surface area (Å²) >= 11 is 0. The van der Waals surface area contributed by atoms with Crippen LogP contribution >= 0.6 is 0 Å². The fourth-order valence-electron chi connectivity index (χ4n) is 5.44. The molecule has 43 heavy (non-hydrogen) atoms. The first kappa shape index (κ1) is 31.7. The number of hydrogen-bond acceptors (Lipinski definition) is 5. The van der Waals surface area contributed by atoms with Gasteiger partial charge in [-0.2, -0.15) is 13.2 Å². The summed E-state index contributed by atoms with van der Waals surface area (Å²) in [6.45, 7) is 2.99. The highest BCUT2D eigenvalue weighted by atomic mass is 19.4. The summed E-state index contributed by atoms with van der Waals surface area (Å²) < 4.78 is 73.5. The molecular formula is C29H31F5N4O5. The van der Waals surface area contributed by atoms with Gasteiger partial charge in [-0.3, -0.25) is 19.3 Å². The van der Waals surface area contributed by atoms with Crippen LogP contribution in [0.2, 0.25) is 0 Å². The van der Waals surface area contributed by atoms with Gasteiger partial charge in [-0.05, 0) is 43.0 Å². The number of amides is 5. The number of likely N-dealkylation sites (N-methyl/N-ethyl adjacent to an activating group) is 1. The summed E-state index contributed by atoms with van der Waals surface area (Å²) in [6.07, 6.45) is -4.77. The Morgan fingerprint density at radius 3 is 2.23 bits per heavy atom. The molecule has 1 spiro atoms. The van der Waals surface area contributed by atoms with E-state index in [1.165, 1.54) is 42.2 Å². The van der Waals surface area contributed by atoms with Gasteiger partial charge in [-0.25, -0.2) is 13.6 Å². The SMILES string of the molecule is COc1ccc(CN2C(=O)N(C)C(=O)C23CCN(C(=O)[C@H](NC(=O)c2cc(C(F)(F)F)ccc2F)C(C)C)CC3)c(F)c1. The molecule has 2 aliphatic heterocycles. The Bertz CT molecular complexity index is 1440. The number of urea groups is 1. The fraction of sp³-hybridized carbons (Fsp3) is 0.448. The Kier molecular flexibility index (Phi) is 8.70. The number of alkyl halides is 3. The summed E-state index contributed by atoms with van der Waals surface area (Å²) in [4.78, 5) is 56.3. The number of nitrogens with one attached hydrogen (secondary N) is 1. The molecule has 4 rings (SSSR count). The third kappa shape index (κ3) is 6.00. The number of rotatable bonds is 7. The number of halogens is 5. The van der Waals surface area contributed by atoms with Crippen molar-refractivity contribution in [3.63, 3.8) is 0 Å². The maximum Gasteiger partial charge on any atom is 0.416 e. The molecule has 1 atom stereocenters. The number of likely N-dealkylation sites (tertiary alicyclic amines) is 1. The first-order valence-electron chi connectivity index (χ1n) is 13.5. The van der Waals surface area contributed by atoms with Crippen molar-refractivity contribution >= 4 is 23.8 Å². The van der Waals surface area contributed by atoms with Gasteiger partial charge in [0.1, 0.15) is 29.0 Å². The first-order valence-corrected chi connectivity index (χ1v) is 13.5. The van der Waals surface area contributed by atoms with Crippen LogP contribution in [-0.2, 0) is 22.3 Å². The molecule has 0 bridgehead atoms. The third-order valence-electron chi connectivity index (χ3n) is 7.99. The maximum absolute atomic E-state index is 14.7. The van der Waals surface area contributed by atoms with Crippen LogP contribution in [0.25, 0.3) is 0 Å². The highest BCUT2D eigenvalue weighted by molar-refractivity contribution is 6.07. The minimum atomic E-state index is -4.81. The van der Waals surface area contributed by atoms with Crippen LogP contribution in [-0.4, -0.2) is 77.3 Å². The number of carbonyl (C=O) groups is 4. The Morgan fingerprint density at radius 2 is 1.67 bits per heavy atom. The molecular weight excluding hydrogens is 579 g/mol. The van der Waals surface area contributed by atoms with Crippen LogP contribution in [0.4, 0.5) is 26.7 Å². The molecule has 2 aromatic rings. The van der Waals surface area contributed by atoms with Gasteiger partial charge >= 0.3 is 12.2 Å². The van der Waals surface area contributed by atoms with E-state index in [1.807, 2.05) is 0 Å². The molecule has 1 N–H and O–H groups in total. The maximum atomic E-state index is 14.7. The van der Waals surface area contributed by atoms with E-state index in [9.17, 15) is 41.1 Å². The Hall–Kier alpha value is -4.23. The smallest absolute Gasteiger partial charge is 0.416 e. The topological polar surface area (TPSA) is 99.3 Å². The Labute approximate surface area is 244 Å². The summed E-state index contributed by atoms with van der Waals surface area (Å²) in [5.41, 5.74) is -3.25. The lowest BCUT2D eigenvalue weighted by Crippen LogP contribution is -2.60. The van der Waals surface area contributed by atoms with Crippen LogP contribution in [0.3, 0.4) is 0 Å². The zero-order valence-corrected chi connectivity index (χ0v) is 23.9. The van der Waals surface area contributed by atoms with Crippen molar-refractivity contribution in [1.82, 2.24) is 20.0 Å². The van der Waals surface area contributed by atoms with E-state index in [2.05, 4.69) is 5.32 Å². The molecule has 2 aromatic carbocycles. The van der Waals surface area contributed by atoms with E-state index in [-0.39, 0.29) is 43.8 Å². The van der Waals surface area contributed by atoms with Crippen molar-refractivity contribution in [1.29, 1.82) is 0 Å². The van der Waals surface area contributed by atoms with Gasteiger partial charge in [0, 0.05) is 31.8 Å². The molecule has 0 aliphatic carbocycles. The molecule has 9 nitrogen and oxygen atoms in total. The summed E-state index contributed by atoms with van der Waals surface area (Å²) in [7, 11) is 2.71. The fourth-order valence-corrected chi connectivity index (χ4v) is 5.44. The second-order valence-corrected chi connectivity index (χ2v) is 10.9.